The van der Waals surface area contributed by atoms with Crippen LogP contribution in [0.5, 0.6) is 0 Å². The molecular formula is C18H25FN2O4S. The maximum absolute atomic E-state index is 14.3. The van der Waals surface area contributed by atoms with Crippen LogP contribution in [0.4, 0.5) is 4.39 Å². The van der Waals surface area contributed by atoms with E-state index in [1.54, 1.807) is 4.90 Å². The van der Waals surface area contributed by atoms with Crippen molar-refractivity contribution in [3.63, 3.8) is 0 Å². The average Bonchev–Trinajstić information content (AvgIpc) is 2.64. The average molecular weight is 384 g/mol. The number of nitrogens with zero attached hydrogens (tertiary/aromatic N) is 2. The molecule has 8 heteroatoms. The van der Waals surface area contributed by atoms with Gasteiger partial charge in [-0.2, -0.15) is 4.31 Å². The quantitative estimate of drug-likeness (QED) is 0.802. The summed E-state index contributed by atoms with van der Waals surface area (Å²) < 4.78 is 46.8. The van der Waals surface area contributed by atoms with Crippen LogP contribution in [0, 0.1) is 5.82 Å². The van der Waals surface area contributed by atoms with Gasteiger partial charge >= 0.3 is 0 Å². The number of carbonyl (C=O) groups is 1. The molecule has 1 aromatic carbocycles. The molecule has 0 bridgehead atoms. The van der Waals surface area contributed by atoms with Crippen molar-refractivity contribution < 1.29 is 22.3 Å². The molecule has 2 heterocycles. The first kappa shape index (κ1) is 19.3. The lowest BCUT2D eigenvalue weighted by Crippen LogP contribution is -2.50. The van der Waals surface area contributed by atoms with Crippen LogP contribution in [-0.2, 0) is 14.8 Å². The van der Waals surface area contributed by atoms with Gasteiger partial charge in [0.15, 0.2) is 0 Å². The third kappa shape index (κ3) is 3.77. The number of amides is 1. The van der Waals surface area contributed by atoms with Gasteiger partial charge in [-0.25, -0.2) is 12.8 Å². The number of carbonyl (C=O) groups excluding carboxylic acids is 1. The van der Waals surface area contributed by atoms with Crippen molar-refractivity contribution >= 4 is 15.9 Å². The van der Waals surface area contributed by atoms with Crippen LogP contribution in [0.1, 0.15) is 43.5 Å². The Hall–Kier alpha value is -1.51. The third-order valence-corrected chi connectivity index (χ3v) is 6.89. The van der Waals surface area contributed by atoms with E-state index in [1.807, 2.05) is 13.8 Å². The number of ether oxygens (including phenoxy) is 1. The van der Waals surface area contributed by atoms with Crippen LogP contribution < -0.4 is 0 Å². The van der Waals surface area contributed by atoms with E-state index in [-0.39, 0.29) is 23.6 Å². The second kappa shape index (κ2) is 7.62. The zero-order valence-electron chi connectivity index (χ0n) is 15.2. The monoisotopic (exact) mass is 384 g/mol. The van der Waals surface area contributed by atoms with E-state index < -0.39 is 20.7 Å². The molecule has 2 aliphatic rings. The lowest BCUT2D eigenvalue weighted by Gasteiger charge is -2.37. The molecule has 26 heavy (non-hydrogen) atoms. The molecule has 0 spiro atoms. The summed E-state index contributed by atoms with van der Waals surface area (Å²) >= 11 is 0. The lowest BCUT2D eigenvalue weighted by molar-refractivity contribution is -0.0387. The molecule has 2 saturated heterocycles. The van der Waals surface area contributed by atoms with Crippen LogP contribution in [0.15, 0.2) is 23.1 Å². The van der Waals surface area contributed by atoms with E-state index >= 15 is 0 Å². The summed E-state index contributed by atoms with van der Waals surface area (Å²) in [6.45, 7) is 5.37. The molecule has 2 unspecified atom stereocenters. The van der Waals surface area contributed by atoms with E-state index in [0.29, 0.717) is 26.2 Å². The smallest absolute Gasteiger partial charge is 0.254 e. The molecule has 6 nitrogen and oxygen atoms in total. The summed E-state index contributed by atoms with van der Waals surface area (Å²) in [5, 5.41) is 0. The zero-order valence-corrected chi connectivity index (χ0v) is 16.0. The topological polar surface area (TPSA) is 66.9 Å². The molecule has 0 aromatic heterocycles. The van der Waals surface area contributed by atoms with Gasteiger partial charge in [0, 0.05) is 25.2 Å². The number of piperidine rings is 1. The molecule has 3 rings (SSSR count). The van der Waals surface area contributed by atoms with Gasteiger partial charge in [0.05, 0.1) is 18.8 Å². The van der Waals surface area contributed by atoms with Crippen LogP contribution in [0.3, 0.4) is 0 Å². The third-order valence-electron chi connectivity index (χ3n) is 4.98. The van der Waals surface area contributed by atoms with Crippen molar-refractivity contribution in [3.8, 4) is 0 Å². The Morgan fingerprint density at radius 1 is 1.19 bits per heavy atom. The SMILES string of the molecule is CC1CN(C(=O)c2ccc(F)c(S(=O)(=O)N3CCCCC3)c2)C(C)CO1. The Morgan fingerprint density at radius 2 is 1.88 bits per heavy atom. The number of halogens is 1. The zero-order chi connectivity index (χ0) is 18.9. The first-order chi connectivity index (χ1) is 12.3. The lowest BCUT2D eigenvalue weighted by atomic mass is 10.1. The summed E-state index contributed by atoms with van der Waals surface area (Å²) in [7, 11) is -3.94. The van der Waals surface area contributed by atoms with E-state index in [2.05, 4.69) is 0 Å². The van der Waals surface area contributed by atoms with E-state index in [0.717, 1.165) is 25.3 Å². The Labute approximate surface area is 154 Å². The predicted molar refractivity (Wildman–Crippen MR) is 94.9 cm³/mol. The molecule has 1 aromatic rings. The van der Waals surface area contributed by atoms with Crippen molar-refractivity contribution in [1.29, 1.82) is 0 Å². The molecule has 1 amide bonds. The number of benzene rings is 1. The van der Waals surface area contributed by atoms with Gasteiger partial charge in [0.25, 0.3) is 5.91 Å². The number of sulfonamides is 1. The van der Waals surface area contributed by atoms with Gasteiger partial charge in [-0.1, -0.05) is 6.42 Å². The van der Waals surface area contributed by atoms with Crippen molar-refractivity contribution in [3.05, 3.63) is 29.6 Å². The highest BCUT2D eigenvalue weighted by Crippen LogP contribution is 2.25. The van der Waals surface area contributed by atoms with Crippen molar-refractivity contribution in [1.82, 2.24) is 9.21 Å². The molecule has 144 valence electrons. The second-order valence-electron chi connectivity index (χ2n) is 7.06. The van der Waals surface area contributed by atoms with Gasteiger partial charge in [0.2, 0.25) is 10.0 Å². The Bertz CT molecular complexity index is 777. The van der Waals surface area contributed by atoms with Crippen LogP contribution in [0.2, 0.25) is 0 Å². The van der Waals surface area contributed by atoms with Crippen LogP contribution >= 0.6 is 0 Å². The van der Waals surface area contributed by atoms with E-state index in [9.17, 15) is 17.6 Å². The molecule has 2 fully saturated rings. The minimum atomic E-state index is -3.94. The summed E-state index contributed by atoms with van der Waals surface area (Å²) in [5.41, 5.74) is 0.183. The standard InChI is InChI=1S/C18H25FN2O4S/c1-13-12-25-14(2)11-21(13)18(22)15-6-7-16(19)17(10-15)26(23,24)20-8-4-3-5-9-20/h6-7,10,13-14H,3-5,8-9,11-12H2,1-2H3. The molecule has 2 atom stereocenters. The highest BCUT2D eigenvalue weighted by molar-refractivity contribution is 7.89. The Kier molecular flexibility index (Phi) is 5.64. The Morgan fingerprint density at radius 3 is 2.58 bits per heavy atom. The van der Waals surface area contributed by atoms with Crippen molar-refractivity contribution in [2.45, 2.75) is 50.2 Å². The maximum Gasteiger partial charge on any atom is 0.254 e. The summed E-state index contributed by atoms with van der Waals surface area (Å²) in [6.07, 6.45) is 2.41. The Balaban J connectivity index is 1.91. The number of hydrogen-bond acceptors (Lipinski definition) is 4. The van der Waals surface area contributed by atoms with E-state index in [4.69, 9.17) is 4.74 Å². The largest absolute Gasteiger partial charge is 0.375 e. The minimum absolute atomic E-state index is 0.0906. The van der Waals surface area contributed by atoms with Crippen molar-refractivity contribution in [2.75, 3.05) is 26.2 Å². The highest BCUT2D eigenvalue weighted by atomic mass is 32.2. The fraction of sp³-hybridized carbons (Fsp3) is 0.611. The highest BCUT2D eigenvalue weighted by Gasteiger charge is 2.32. The fourth-order valence-electron chi connectivity index (χ4n) is 3.43. The first-order valence-corrected chi connectivity index (χ1v) is 10.5. The number of rotatable bonds is 3. The second-order valence-corrected chi connectivity index (χ2v) is 8.97. The fourth-order valence-corrected chi connectivity index (χ4v) is 5.04. The molecular weight excluding hydrogens is 359 g/mol. The maximum atomic E-state index is 14.3. The summed E-state index contributed by atoms with van der Waals surface area (Å²) in [4.78, 5) is 14.1. The van der Waals surface area contributed by atoms with E-state index in [1.165, 1.54) is 16.4 Å². The van der Waals surface area contributed by atoms with Gasteiger partial charge in [-0.05, 0) is 44.9 Å². The predicted octanol–water partition coefficient (Wildman–Crippen LogP) is 2.25. The molecule has 0 saturated carbocycles. The van der Waals surface area contributed by atoms with Crippen molar-refractivity contribution in [2.24, 2.45) is 0 Å². The number of hydrogen-bond donors (Lipinski definition) is 0. The molecule has 0 radical (unpaired) electrons. The van der Waals surface area contributed by atoms with Gasteiger partial charge < -0.3 is 9.64 Å². The molecule has 0 aliphatic carbocycles. The first-order valence-electron chi connectivity index (χ1n) is 9.03. The molecule has 0 N–H and O–H groups in total. The van der Waals surface area contributed by atoms with Gasteiger partial charge in [-0.15, -0.1) is 0 Å². The molecule has 2 aliphatic heterocycles. The van der Waals surface area contributed by atoms with Gasteiger partial charge in [-0.3, -0.25) is 4.79 Å². The van der Waals surface area contributed by atoms with Gasteiger partial charge in [0.1, 0.15) is 10.7 Å². The van der Waals surface area contributed by atoms with Crippen LogP contribution in [-0.4, -0.2) is 61.9 Å². The van der Waals surface area contributed by atoms with Crippen LogP contribution in [0.25, 0.3) is 0 Å². The summed E-state index contributed by atoms with van der Waals surface area (Å²) in [5.74, 6) is -1.13. The minimum Gasteiger partial charge on any atom is -0.375 e. The summed E-state index contributed by atoms with van der Waals surface area (Å²) in [6, 6.07) is 3.47. The normalized spacial score (nSPS) is 25.3. The number of morpholine rings is 1.